The topological polar surface area (TPSA) is 59.0 Å². The summed E-state index contributed by atoms with van der Waals surface area (Å²) in [6.07, 6.45) is -4.49. The van der Waals surface area contributed by atoms with Crippen LogP contribution in [0.25, 0.3) is 0 Å². The highest BCUT2D eigenvalue weighted by atomic mass is 19.4. The SMILES string of the molecule is COc1ccc(CN(CCO)C(=O)Cc2ccc(C(F)(F)F)cc2)c(OC)c1. The first kappa shape index (κ1) is 21.6. The van der Waals surface area contributed by atoms with E-state index in [0.717, 1.165) is 17.7 Å². The number of nitrogens with zero attached hydrogens (tertiary/aromatic N) is 1. The molecule has 0 saturated carbocycles. The Morgan fingerprint density at radius 2 is 1.75 bits per heavy atom. The highest BCUT2D eigenvalue weighted by molar-refractivity contribution is 5.79. The van der Waals surface area contributed by atoms with E-state index in [1.807, 2.05) is 0 Å². The summed E-state index contributed by atoms with van der Waals surface area (Å²) < 4.78 is 48.4. The van der Waals surface area contributed by atoms with Gasteiger partial charge in [0.05, 0.1) is 32.8 Å². The Bertz CT molecular complexity index is 791. The lowest BCUT2D eigenvalue weighted by Crippen LogP contribution is -2.34. The molecule has 0 fully saturated rings. The first-order valence-corrected chi connectivity index (χ1v) is 8.54. The number of hydrogen-bond donors (Lipinski definition) is 1. The van der Waals surface area contributed by atoms with E-state index < -0.39 is 11.7 Å². The third kappa shape index (κ3) is 5.63. The molecule has 2 rings (SSSR count). The number of ether oxygens (including phenoxy) is 2. The van der Waals surface area contributed by atoms with Gasteiger partial charge in [0.1, 0.15) is 11.5 Å². The lowest BCUT2D eigenvalue weighted by atomic mass is 10.1. The zero-order valence-electron chi connectivity index (χ0n) is 15.6. The molecule has 2 aromatic carbocycles. The maximum atomic E-state index is 12.7. The Hall–Kier alpha value is -2.74. The zero-order chi connectivity index (χ0) is 20.7. The highest BCUT2D eigenvalue weighted by Crippen LogP contribution is 2.29. The number of carbonyl (C=O) groups excluding carboxylic acids is 1. The summed E-state index contributed by atoms with van der Waals surface area (Å²) in [5, 5.41) is 9.29. The Morgan fingerprint density at radius 3 is 2.29 bits per heavy atom. The second-order valence-corrected chi connectivity index (χ2v) is 6.09. The molecule has 0 aliphatic heterocycles. The Morgan fingerprint density at radius 1 is 1.07 bits per heavy atom. The Kier molecular flexibility index (Phi) is 7.28. The Balaban J connectivity index is 2.14. The number of amides is 1. The van der Waals surface area contributed by atoms with Gasteiger partial charge in [-0.1, -0.05) is 12.1 Å². The van der Waals surface area contributed by atoms with Crippen molar-refractivity contribution < 1.29 is 32.5 Å². The minimum absolute atomic E-state index is 0.0728. The molecule has 0 radical (unpaired) electrons. The fraction of sp³-hybridized carbons (Fsp3) is 0.350. The molecule has 5 nitrogen and oxygen atoms in total. The lowest BCUT2D eigenvalue weighted by molar-refractivity contribution is -0.137. The summed E-state index contributed by atoms with van der Waals surface area (Å²) in [7, 11) is 3.03. The van der Waals surface area contributed by atoms with Crippen molar-refractivity contribution in [2.75, 3.05) is 27.4 Å². The fourth-order valence-corrected chi connectivity index (χ4v) is 2.70. The molecule has 0 aromatic heterocycles. The maximum Gasteiger partial charge on any atom is 0.416 e. The molecule has 2 aromatic rings. The molecule has 0 spiro atoms. The van der Waals surface area contributed by atoms with E-state index >= 15 is 0 Å². The molecule has 0 unspecified atom stereocenters. The third-order valence-corrected chi connectivity index (χ3v) is 4.21. The summed E-state index contributed by atoms with van der Waals surface area (Å²) >= 11 is 0. The van der Waals surface area contributed by atoms with Crippen molar-refractivity contribution in [2.45, 2.75) is 19.1 Å². The van der Waals surface area contributed by atoms with E-state index in [-0.39, 0.29) is 32.0 Å². The van der Waals surface area contributed by atoms with Crippen LogP contribution in [-0.4, -0.2) is 43.3 Å². The molecule has 0 atom stereocenters. The van der Waals surface area contributed by atoms with Crippen molar-refractivity contribution in [1.82, 2.24) is 4.90 Å². The first-order chi connectivity index (χ1) is 13.3. The molecule has 1 N–H and O–H groups in total. The fourth-order valence-electron chi connectivity index (χ4n) is 2.70. The van der Waals surface area contributed by atoms with Crippen LogP contribution in [0.3, 0.4) is 0 Å². The molecule has 0 aliphatic rings. The van der Waals surface area contributed by atoms with Gasteiger partial charge in [-0.2, -0.15) is 13.2 Å². The molecular formula is C20H22F3NO4. The van der Waals surface area contributed by atoms with Crippen molar-refractivity contribution in [3.8, 4) is 11.5 Å². The minimum Gasteiger partial charge on any atom is -0.497 e. The number of alkyl halides is 3. The predicted molar refractivity (Wildman–Crippen MR) is 97.2 cm³/mol. The monoisotopic (exact) mass is 397 g/mol. The van der Waals surface area contributed by atoms with E-state index in [2.05, 4.69) is 0 Å². The average molecular weight is 397 g/mol. The summed E-state index contributed by atoms with van der Waals surface area (Å²) in [6, 6.07) is 9.64. The van der Waals surface area contributed by atoms with Crippen molar-refractivity contribution >= 4 is 5.91 Å². The first-order valence-electron chi connectivity index (χ1n) is 8.54. The number of halogens is 3. The van der Waals surface area contributed by atoms with Gasteiger partial charge >= 0.3 is 6.18 Å². The lowest BCUT2D eigenvalue weighted by Gasteiger charge is -2.23. The van der Waals surface area contributed by atoms with Crippen molar-refractivity contribution in [1.29, 1.82) is 0 Å². The van der Waals surface area contributed by atoms with Crippen LogP contribution >= 0.6 is 0 Å². The highest BCUT2D eigenvalue weighted by Gasteiger charge is 2.30. The quantitative estimate of drug-likeness (QED) is 0.743. The van der Waals surface area contributed by atoms with Crippen LogP contribution in [0.2, 0.25) is 0 Å². The van der Waals surface area contributed by atoms with Gasteiger partial charge in [-0.3, -0.25) is 4.79 Å². The Labute approximate surface area is 161 Å². The van der Waals surface area contributed by atoms with Gasteiger partial charge in [-0.05, 0) is 29.8 Å². The van der Waals surface area contributed by atoms with Crippen molar-refractivity contribution in [2.24, 2.45) is 0 Å². The molecule has 0 aliphatic carbocycles. The van der Waals surface area contributed by atoms with E-state index in [1.54, 1.807) is 18.2 Å². The molecule has 8 heteroatoms. The number of rotatable bonds is 8. The predicted octanol–water partition coefficient (Wildman–Crippen LogP) is 3.29. The number of methoxy groups -OCH3 is 2. The van der Waals surface area contributed by atoms with Crippen molar-refractivity contribution in [3.63, 3.8) is 0 Å². The van der Waals surface area contributed by atoms with E-state index in [1.165, 1.54) is 31.3 Å². The molecule has 152 valence electrons. The third-order valence-electron chi connectivity index (χ3n) is 4.21. The molecule has 0 bridgehead atoms. The average Bonchev–Trinajstić information content (AvgIpc) is 2.67. The maximum absolute atomic E-state index is 12.7. The number of carbonyl (C=O) groups is 1. The second kappa shape index (κ2) is 9.45. The second-order valence-electron chi connectivity index (χ2n) is 6.09. The van der Waals surface area contributed by atoms with E-state index in [4.69, 9.17) is 9.47 Å². The van der Waals surface area contributed by atoms with Gasteiger partial charge in [-0.15, -0.1) is 0 Å². The summed E-state index contributed by atoms with van der Waals surface area (Å²) in [6.45, 7) is 0.0407. The normalized spacial score (nSPS) is 11.2. The van der Waals surface area contributed by atoms with Crippen molar-refractivity contribution in [3.05, 3.63) is 59.2 Å². The van der Waals surface area contributed by atoms with Gasteiger partial charge < -0.3 is 19.5 Å². The number of aliphatic hydroxyl groups is 1. The molecular weight excluding hydrogens is 375 g/mol. The van der Waals surface area contributed by atoms with Gasteiger partial charge in [-0.25, -0.2) is 0 Å². The van der Waals surface area contributed by atoms with Crippen LogP contribution in [0, 0.1) is 0 Å². The number of hydrogen-bond acceptors (Lipinski definition) is 4. The van der Waals surface area contributed by atoms with Gasteiger partial charge in [0.15, 0.2) is 0 Å². The summed E-state index contributed by atoms with van der Waals surface area (Å²) in [4.78, 5) is 14.1. The van der Waals surface area contributed by atoms with E-state index in [0.29, 0.717) is 17.1 Å². The molecule has 0 saturated heterocycles. The number of aliphatic hydroxyl groups excluding tert-OH is 1. The minimum atomic E-state index is -4.42. The number of benzene rings is 2. The van der Waals surface area contributed by atoms with Gasteiger partial charge in [0, 0.05) is 24.7 Å². The molecule has 0 heterocycles. The largest absolute Gasteiger partial charge is 0.497 e. The van der Waals surface area contributed by atoms with Crippen LogP contribution in [0.1, 0.15) is 16.7 Å². The standard InChI is InChI=1S/C20H22F3NO4/c1-27-17-8-5-15(18(12-17)28-2)13-24(9-10-25)19(26)11-14-3-6-16(7-4-14)20(21,22)23/h3-8,12,25H,9-11,13H2,1-2H3. The van der Waals surface area contributed by atoms with Gasteiger partial charge in [0.25, 0.3) is 0 Å². The van der Waals surface area contributed by atoms with Crippen LogP contribution < -0.4 is 9.47 Å². The molecule has 1 amide bonds. The smallest absolute Gasteiger partial charge is 0.416 e. The summed E-state index contributed by atoms with van der Waals surface area (Å²) in [5.74, 6) is 0.821. The van der Waals surface area contributed by atoms with Crippen LogP contribution in [0.4, 0.5) is 13.2 Å². The van der Waals surface area contributed by atoms with Crippen LogP contribution in [-0.2, 0) is 23.9 Å². The van der Waals surface area contributed by atoms with Gasteiger partial charge in [0.2, 0.25) is 5.91 Å². The zero-order valence-corrected chi connectivity index (χ0v) is 15.6. The molecule has 28 heavy (non-hydrogen) atoms. The van der Waals surface area contributed by atoms with E-state index in [9.17, 15) is 23.1 Å². The summed E-state index contributed by atoms with van der Waals surface area (Å²) in [5.41, 5.74) is 0.416. The van der Waals surface area contributed by atoms with Crippen LogP contribution in [0.15, 0.2) is 42.5 Å². The van der Waals surface area contributed by atoms with Crippen LogP contribution in [0.5, 0.6) is 11.5 Å².